The van der Waals surface area contributed by atoms with Crippen molar-refractivity contribution in [3.8, 4) is 6.07 Å². The van der Waals surface area contributed by atoms with Crippen LogP contribution in [-0.2, 0) is 6.42 Å². The Labute approximate surface area is 174 Å². The lowest BCUT2D eigenvalue weighted by Gasteiger charge is -2.35. The molecular weight excluding hydrogens is 381 g/mol. The Bertz CT molecular complexity index is 1140. The van der Waals surface area contributed by atoms with Gasteiger partial charge in [0.25, 0.3) is 5.56 Å². The van der Waals surface area contributed by atoms with E-state index in [-0.39, 0.29) is 11.4 Å². The zero-order valence-corrected chi connectivity index (χ0v) is 17.0. The number of aryl methyl sites for hydroxylation is 2. The smallest absolute Gasteiger partial charge is 0.256 e. The summed E-state index contributed by atoms with van der Waals surface area (Å²) in [6.45, 7) is 6.56. The van der Waals surface area contributed by atoms with E-state index >= 15 is 0 Å². The monoisotopic (exact) mass is 405 g/mol. The molecule has 0 atom stereocenters. The van der Waals surface area contributed by atoms with Gasteiger partial charge in [0.15, 0.2) is 0 Å². The van der Waals surface area contributed by atoms with Crippen molar-refractivity contribution in [2.75, 3.05) is 37.6 Å². The van der Waals surface area contributed by atoms with Crippen LogP contribution in [0.15, 0.2) is 41.3 Å². The van der Waals surface area contributed by atoms with Crippen molar-refractivity contribution in [2.24, 2.45) is 0 Å². The fourth-order valence-electron chi connectivity index (χ4n) is 4.05. The fourth-order valence-corrected chi connectivity index (χ4v) is 4.05. The van der Waals surface area contributed by atoms with Gasteiger partial charge in [-0.15, -0.1) is 0 Å². The standard InChI is InChI=1S/C23H24FN5O/c1-16-11-17(24)12-22-21(16)13-18(27-23(22)30)3-2-6-28-7-9-29(10-8-28)20-5-4-19(14-25)26-15-20/h4-5,11-13,15H,2-3,6-10H2,1H3,(H,27,30). The molecule has 1 fully saturated rings. The summed E-state index contributed by atoms with van der Waals surface area (Å²) >= 11 is 0. The average molecular weight is 405 g/mol. The SMILES string of the molecule is Cc1cc(F)cc2c(=O)[nH]c(CCCN3CCN(c4ccc(C#N)nc4)CC3)cc12. The topological polar surface area (TPSA) is 76.0 Å². The van der Waals surface area contributed by atoms with Gasteiger partial charge in [-0.2, -0.15) is 5.26 Å². The number of aromatic nitrogens is 2. The van der Waals surface area contributed by atoms with Crippen LogP contribution >= 0.6 is 0 Å². The number of H-pyrrole nitrogens is 1. The van der Waals surface area contributed by atoms with Crippen molar-refractivity contribution < 1.29 is 4.39 Å². The maximum Gasteiger partial charge on any atom is 0.256 e. The van der Waals surface area contributed by atoms with Gasteiger partial charge in [-0.3, -0.25) is 9.69 Å². The first-order chi connectivity index (χ1) is 14.5. The predicted molar refractivity (Wildman–Crippen MR) is 115 cm³/mol. The molecule has 1 aromatic carbocycles. The largest absolute Gasteiger partial charge is 0.368 e. The Hall–Kier alpha value is -3.24. The van der Waals surface area contributed by atoms with E-state index in [4.69, 9.17) is 5.26 Å². The lowest BCUT2D eigenvalue weighted by atomic mass is 10.0. The minimum Gasteiger partial charge on any atom is -0.368 e. The number of hydrogen-bond acceptors (Lipinski definition) is 5. The van der Waals surface area contributed by atoms with Gasteiger partial charge < -0.3 is 9.88 Å². The molecule has 0 radical (unpaired) electrons. The second kappa shape index (κ2) is 8.64. The molecule has 1 aliphatic rings. The van der Waals surface area contributed by atoms with E-state index in [1.165, 1.54) is 12.1 Å². The van der Waals surface area contributed by atoms with E-state index in [0.29, 0.717) is 11.1 Å². The third-order valence-electron chi connectivity index (χ3n) is 5.71. The highest BCUT2D eigenvalue weighted by atomic mass is 19.1. The van der Waals surface area contributed by atoms with E-state index < -0.39 is 0 Å². The van der Waals surface area contributed by atoms with Crippen LogP contribution in [0.4, 0.5) is 10.1 Å². The lowest BCUT2D eigenvalue weighted by molar-refractivity contribution is 0.255. The molecule has 1 aliphatic heterocycles. The van der Waals surface area contributed by atoms with Crippen molar-refractivity contribution in [3.63, 3.8) is 0 Å². The van der Waals surface area contributed by atoms with E-state index in [1.807, 2.05) is 25.1 Å². The van der Waals surface area contributed by atoms with Gasteiger partial charge in [0.05, 0.1) is 17.3 Å². The van der Waals surface area contributed by atoms with Crippen molar-refractivity contribution in [1.29, 1.82) is 5.26 Å². The minimum atomic E-state index is -0.380. The number of benzene rings is 1. The maximum atomic E-state index is 13.6. The highest BCUT2D eigenvalue weighted by Gasteiger charge is 2.17. The zero-order valence-electron chi connectivity index (χ0n) is 17.0. The molecular formula is C23H24FN5O. The Balaban J connectivity index is 1.31. The van der Waals surface area contributed by atoms with E-state index in [0.717, 1.165) is 67.9 Å². The van der Waals surface area contributed by atoms with E-state index in [9.17, 15) is 9.18 Å². The molecule has 0 amide bonds. The second-order valence-electron chi connectivity index (χ2n) is 7.75. The van der Waals surface area contributed by atoms with Crippen LogP contribution in [0.5, 0.6) is 0 Å². The van der Waals surface area contributed by atoms with Crippen LogP contribution in [0.3, 0.4) is 0 Å². The Morgan fingerprint density at radius 3 is 2.67 bits per heavy atom. The summed E-state index contributed by atoms with van der Waals surface area (Å²) < 4.78 is 13.6. The van der Waals surface area contributed by atoms with Crippen LogP contribution in [-0.4, -0.2) is 47.6 Å². The second-order valence-corrected chi connectivity index (χ2v) is 7.75. The highest BCUT2D eigenvalue weighted by Crippen LogP contribution is 2.19. The summed E-state index contributed by atoms with van der Waals surface area (Å²) in [4.78, 5) is 24.1. The maximum absolute atomic E-state index is 13.6. The molecule has 4 rings (SSSR count). The Kier molecular flexibility index (Phi) is 5.77. The molecule has 1 N–H and O–H groups in total. The molecule has 0 saturated carbocycles. The normalized spacial score (nSPS) is 14.8. The summed E-state index contributed by atoms with van der Waals surface area (Å²) in [5, 5.41) is 10.1. The molecule has 0 aliphatic carbocycles. The van der Waals surface area contributed by atoms with E-state index in [2.05, 4.69) is 19.8 Å². The van der Waals surface area contributed by atoms with Gasteiger partial charge in [0, 0.05) is 31.9 Å². The van der Waals surface area contributed by atoms with Gasteiger partial charge in [-0.05, 0) is 67.6 Å². The van der Waals surface area contributed by atoms with Crippen molar-refractivity contribution >= 4 is 16.5 Å². The number of nitrogens with one attached hydrogen (secondary N) is 1. The summed E-state index contributed by atoms with van der Waals surface area (Å²) in [6.07, 6.45) is 3.49. The zero-order chi connectivity index (χ0) is 21.1. The summed E-state index contributed by atoms with van der Waals surface area (Å²) in [5.74, 6) is -0.380. The van der Waals surface area contributed by atoms with Crippen LogP contribution in [0.1, 0.15) is 23.4 Å². The molecule has 0 spiro atoms. The Morgan fingerprint density at radius 2 is 1.97 bits per heavy atom. The molecule has 2 aromatic heterocycles. The minimum absolute atomic E-state index is 0.227. The lowest BCUT2D eigenvalue weighted by Crippen LogP contribution is -2.46. The molecule has 154 valence electrons. The van der Waals surface area contributed by atoms with Crippen LogP contribution in [0.2, 0.25) is 0 Å². The molecule has 3 aromatic rings. The number of pyridine rings is 2. The van der Waals surface area contributed by atoms with Gasteiger partial charge in [0.2, 0.25) is 0 Å². The van der Waals surface area contributed by atoms with Gasteiger partial charge in [-0.25, -0.2) is 9.37 Å². The first-order valence-corrected chi connectivity index (χ1v) is 10.2. The fraction of sp³-hybridized carbons (Fsp3) is 0.348. The number of fused-ring (bicyclic) bond motifs is 1. The first kappa shape index (κ1) is 20.0. The number of anilines is 1. The van der Waals surface area contributed by atoms with Crippen molar-refractivity contribution in [3.05, 3.63) is 69.7 Å². The third kappa shape index (κ3) is 4.34. The Morgan fingerprint density at radius 1 is 1.17 bits per heavy atom. The van der Waals surface area contributed by atoms with Crippen LogP contribution in [0.25, 0.3) is 10.8 Å². The number of halogens is 1. The average Bonchev–Trinajstić information content (AvgIpc) is 2.75. The van der Waals surface area contributed by atoms with Crippen molar-refractivity contribution in [1.82, 2.24) is 14.9 Å². The van der Waals surface area contributed by atoms with Crippen LogP contribution in [0, 0.1) is 24.1 Å². The third-order valence-corrected chi connectivity index (χ3v) is 5.71. The molecule has 30 heavy (non-hydrogen) atoms. The number of nitriles is 1. The summed E-state index contributed by atoms with van der Waals surface area (Å²) in [5.41, 5.74) is 2.93. The molecule has 1 saturated heterocycles. The van der Waals surface area contributed by atoms with Crippen LogP contribution < -0.4 is 10.5 Å². The number of rotatable bonds is 5. The van der Waals surface area contributed by atoms with E-state index in [1.54, 1.807) is 12.3 Å². The molecule has 6 nitrogen and oxygen atoms in total. The number of hydrogen-bond donors (Lipinski definition) is 1. The van der Waals surface area contributed by atoms with Gasteiger partial charge in [-0.1, -0.05) is 0 Å². The van der Waals surface area contributed by atoms with Gasteiger partial charge in [0.1, 0.15) is 17.6 Å². The number of aromatic amines is 1. The predicted octanol–water partition coefficient (Wildman–Crippen LogP) is 3.00. The number of piperazine rings is 1. The molecule has 0 bridgehead atoms. The molecule has 7 heteroatoms. The molecule has 3 heterocycles. The van der Waals surface area contributed by atoms with Crippen molar-refractivity contribution in [2.45, 2.75) is 19.8 Å². The number of nitrogens with zero attached hydrogens (tertiary/aromatic N) is 4. The highest BCUT2D eigenvalue weighted by molar-refractivity contribution is 5.85. The first-order valence-electron chi connectivity index (χ1n) is 10.2. The summed E-state index contributed by atoms with van der Waals surface area (Å²) in [7, 11) is 0. The van der Waals surface area contributed by atoms with Gasteiger partial charge >= 0.3 is 0 Å². The summed E-state index contributed by atoms with van der Waals surface area (Å²) in [6, 6.07) is 10.5. The molecule has 0 unspecified atom stereocenters. The quantitative estimate of drug-likeness (QED) is 0.706.